The van der Waals surface area contributed by atoms with E-state index in [1.165, 1.54) is 19.3 Å². The second-order valence-electron chi connectivity index (χ2n) is 14.6. The molecule has 0 aromatic rings. The van der Waals surface area contributed by atoms with E-state index < -0.39 is 92.3 Å². The van der Waals surface area contributed by atoms with Crippen LogP contribution in [0.25, 0.3) is 0 Å². The van der Waals surface area contributed by atoms with Crippen LogP contribution in [-0.4, -0.2) is 123 Å². The largest absolute Gasteiger partial charge is 1.00 e. The number of aliphatic hydroxyl groups excluding tert-OH is 6. The maximum absolute atomic E-state index is 12.4. The van der Waals surface area contributed by atoms with Crippen LogP contribution in [0.15, 0.2) is 0 Å². The van der Waals surface area contributed by atoms with E-state index in [4.69, 9.17) is 23.7 Å². The average Bonchev–Trinajstić information content (AvgIpc) is 2.97. The van der Waals surface area contributed by atoms with Crippen molar-refractivity contribution in [3.05, 3.63) is 0 Å². The van der Waals surface area contributed by atoms with Gasteiger partial charge in [-0.15, -0.1) is 0 Å². The zero-order valence-corrected chi connectivity index (χ0v) is 28.3. The average molecular weight is 653 g/mol. The Morgan fingerprint density at radius 3 is 1.87 bits per heavy atom. The summed E-state index contributed by atoms with van der Waals surface area (Å²) in [5, 5.41) is 75.4. The maximum atomic E-state index is 12.4. The number of ether oxygens (including phenoxy) is 5. The third kappa shape index (κ3) is 7.62. The quantitative estimate of drug-likeness (QED) is 0.124. The number of hydrogen-bond acceptors (Lipinski definition) is 13. The number of carboxylic acid groups (broad SMARTS) is 1. The molecule has 7 aliphatic rings. The van der Waals surface area contributed by atoms with Gasteiger partial charge in [0.15, 0.2) is 12.6 Å². The van der Waals surface area contributed by atoms with Gasteiger partial charge < -0.3 is 64.2 Å². The predicted molar refractivity (Wildman–Crippen MR) is 147 cm³/mol. The first-order chi connectivity index (χ1) is 21.0. The minimum Gasteiger partial charge on any atom is -0.547 e. The van der Waals surface area contributed by atoms with Crippen molar-refractivity contribution in [2.45, 2.75) is 157 Å². The SMILES string of the molecule is C[C@@H]1O[C@@H](O[C@@H]2CCCC[C@H]2O[C@@H]2O[C@H](CO)[C@H](O)[C@H](O[C@@H](CC34CC5CC(CC(C5)C3)C4)C(=O)[O-])[C@H]2O)[C@@H](O)[C@H](O)[C@@H]1O.[Na+]. The van der Waals surface area contributed by atoms with Gasteiger partial charge in [-0.2, -0.15) is 0 Å². The summed E-state index contributed by atoms with van der Waals surface area (Å²) in [5.74, 6) is 0.392. The molecule has 0 radical (unpaired) electrons. The normalized spacial score (nSPS) is 50.2. The molecule has 0 unspecified atom stereocenters. The van der Waals surface area contributed by atoms with Crippen LogP contribution >= 0.6 is 0 Å². The van der Waals surface area contributed by atoms with Crippen LogP contribution in [0.4, 0.5) is 0 Å². The third-order valence-corrected chi connectivity index (χ3v) is 11.3. The molecule has 2 aliphatic heterocycles. The smallest absolute Gasteiger partial charge is 0.547 e. The minimum atomic E-state index is -1.60. The van der Waals surface area contributed by atoms with E-state index in [1.807, 2.05) is 0 Å². The van der Waals surface area contributed by atoms with Crippen molar-refractivity contribution in [1.82, 2.24) is 0 Å². The van der Waals surface area contributed by atoms with E-state index in [0.29, 0.717) is 30.6 Å². The summed E-state index contributed by atoms with van der Waals surface area (Å²) in [4.78, 5) is 12.4. The fraction of sp³-hybridized carbons (Fsp3) is 0.968. The molecule has 6 N–H and O–H groups in total. The Kier molecular flexibility index (Phi) is 12.0. The van der Waals surface area contributed by atoms with Crippen LogP contribution in [0.5, 0.6) is 0 Å². The molecular weight excluding hydrogens is 603 g/mol. The molecule has 0 aromatic heterocycles. The first-order valence-electron chi connectivity index (χ1n) is 16.5. The summed E-state index contributed by atoms with van der Waals surface area (Å²) in [6, 6.07) is 0. The first-order valence-corrected chi connectivity index (χ1v) is 16.5. The second kappa shape index (κ2) is 14.9. The van der Waals surface area contributed by atoms with Crippen molar-refractivity contribution < 1.29 is 93.8 Å². The van der Waals surface area contributed by atoms with Gasteiger partial charge in [0.25, 0.3) is 0 Å². The predicted octanol–water partition coefficient (Wildman–Crippen LogP) is -4.29. The molecule has 13 nitrogen and oxygen atoms in total. The number of carboxylic acids is 1. The molecule has 2 heterocycles. The minimum absolute atomic E-state index is 0. The Morgan fingerprint density at radius 2 is 1.36 bits per heavy atom. The summed E-state index contributed by atoms with van der Waals surface area (Å²) in [6.07, 6.45) is -6.82. The van der Waals surface area contributed by atoms with Gasteiger partial charge >= 0.3 is 29.6 Å². The number of aliphatic hydroxyl groups is 6. The summed E-state index contributed by atoms with van der Waals surface area (Å²) >= 11 is 0. The van der Waals surface area contributed by atoms with E-state index in [-0.39, 0.29) is 41.4 Å². The summed E-state index contributed by atoms with van der Waals surface area (Å²) in [6.45, 7) is 0.935. The molecule has 5 aliphatic carbocycles. The number of hydrogen-bond donors (Lipinski definition) is 6. The Morgan fingerprint density at radius 1 is 0.822 bits per heavy atom. The number of aliphatic carboxylic acids is 1. The van der Waals surface area contributed by atoms with Crippen LogP contribution in [0.2, 0.25) is 0 Å². The molecule has 4 bridgehead atoms. The molecule has 0 aromatic carbocycles. The summed E-state index contributed by atoms with van der Waals surface area (Å²) in [7, 11) is 0. The van der Waals surface area contributed by atoms with E-state index in [2.05, 4.69) is 0 Å². The van der Waals surface area contributed by atoms with Gasteiger partial charge in [-0.25, -0.2) is 0 Å². The molecule has 7 rings (SSSR count). The number of carbonyl (C=O) groups excluding carboxylic acids is 1. The number of carbonyl (C=O) groups is 1. The maximum Gasteiger partial charge on any atom is 1.00 e. The zero-order valence-electron chi connectivity index (χ0n) is 26.3. The molecule has 0 spiro atoms. The Hall–Kier alpha value is 0.0300. The van der Waals surface area contributed by atoms with E-state index in [1.54, 1.807) is 6.92 Å². The van der Waals surface area contributed by atoms with Gasteiger partial charge in [-0.3, -0.25) is 0 Å². The van der Waals surface area contributed by atoms with Crippen LogP contribution in [0, 0.1) is 23.2 Å². The van der Waals surface area contributed by atoms with Gasteiger partial charge in [0.1, 0.15) is 42.7 Å². The first kappa shape index (κ1) is 36.3. The third-order valence-electron chi connectivity index (χ3n) is 11.3. The van der Waals surface area contributed by atoms with Gasteiger partial charge in [-0.1, -0.05) is 12.8 Å². The van der Waals surface area contributed by atoms with Gasteiger partial charge in [0, 0.05) is 0 Å². The van der Waals surface area contributed by atoms with Gasteiger partial charge in [-0.05, 0) is 87.9 Å². The number of rotatable bonds is 10. The molecule has 14 heteroatoms. The molecule has 13 atom stereocenters. The molecule has 5 saturated carbocycles. The van der Waals surface area contributed by atoms with Crippen molar-refractivity contribution in [1.29, 1.82) is 0 Å². The van der Waals surface area contributed by atoms with Crippen molar-refractivity contribution in [3.63, 3.8) is 0 Å². The van der Waals surface area contributed by atoms with E-state index in [0.717, 1.165) is 32.1 Å². The monoisotopic (exact) mass is 652 g/mol. The van der Waals surface area contributed by atoms with Crippen molar-refractivity contribution >= 4 is 5.97 Å². The van der Waals surface area contributed by atoms with Crippen LogP contribution in [0.1, 0.15) is 77.6 Å². The standard InChI is InChI=1S/C31H50O13.Na/c1-14-22(33)24(35)25(36)29(40-14)42-18-4-2-3-5-19(18)43-30-26(37)27(23(34)21(13-32)44-30)41-20(28(38)39)12-31-9-15-6-16(10-31)8-17(7-15)11-31;/h14-27,29-30,32-37H,2-13H2,1H3,(H,38,39);/q;+1/p-1/t14-,15?,16?,17?,18+,19+,20-,21+,22+,23-,24+,25-,26+,27-,29-,30+,31?;/m0./s1. The second-order valence-corrected chi connectivity index (χ2v) is 14.6. The Balaban J connectivity index is 0.00000400. The van der Waals surface area contributed by atoms with Crippen LogP contribution in [0.3, 0.4) is 0 Å². The van der Waals surface area contributed by atoms with Crippen LogP contribution in [-0.2, 0) is 28.5 Å². The molecule has 252 valence electrons. The molecule has 7 fully saturated rings. The van der Waals surface area contributed by atoms with Gasteiger partial charge in [0.05, 0.1) is 37.0 Å². The van der Waals surface area contributed by atoms with Crippen molar-refractivity contribution in [2.75, 3.05) is 6.61 Å². The molecule has 0 amide bonds. The van der Waals surface area contributed by atoms with Crippen LogP contribution < -0.4 is 34.7 Å². The molecular formula is C31H49NaO13. The molecule has 45 heavy (non-hydrogen) atoms. The Labute approximate surface area is 285 Å². The summed E-state index contributed by atoms with van der Waals surface area (Å²) < 4.78 is 29.6. The van der Waals surface area contributed by atoms with E-state index in [9.17, 15) is 40.5 Å². The van der Waals surface area contributed by atoms with E-state index >= 15 is 0 Å². The van der Waals surface area contributed by atoms with Crippen molar-refractivity contribution in [2.24, 2.45) is 23.2 Å². The fourth-order valence-corrected chi connectivity index (χ4v) is 9.48. The Bertz CT molecular complexity index is 967. The fourth-order valence-electron chi connectivity index (χ4n) is 9.48. The summed E-state index contributed by atoms with van der Waals surface area (Å²) in [5.41, 5.74) is -0.160. The zero-order chi connectivity index (χ0) is 31.3. The molecule has 2 saturated heterocycles. The van der Waals surface area contributed by atoms with Gasteiger partial charge in [0.2, 0.25) is 0 Å². The van der Waals surface area contributed by atoms with Crippen molar-refractivity contribution in [3.8, 4) is 0 Å². The topological polar surface area (TPSA) is 208 Å².